The van der Waals surface area contributed by atoms with E-state index in [1.54, 1.807) is 35.6 Å². The summed E-state index contributed by atoms with van der Waals surface area (Å²) in [5.41, 5.74) is 2.60. The number of amides is 1. The maximum absolute atomic E-state index is 12.5. The van der Waals surface area contributed by atoms with Crippen molar-refractivity contribution in [3.05, 3.63) is 46.1 Å². The topological polar surface area (TPSA) is 72.0 Å². The lowest BCUT2D eigenvalue weighted by atomic mass is 9.97. The number of hydrogen-bond donors (Lipinski definition) is 1. The standard InChI is InChI=1S/C21H21N3O2S2/c1-12(25)14-6-5-7-15(10-14)24-18(26)11-27-20-19-16-8-3-4-9-17(16)28-21(19)23-13(2)22-20/h5-7,10H,3-4,8-9,11H2,1-2H3,(H,24,26). The third kappa shape index (κ3) is 3.95. The second-order valence-electron chi connectivity index (χ2n) is 6.94. The molecular formula is C21H21N3O2S2. The van der Waals surface area contributed by atoms with E-state index in [9.17, 15) is 9.59 Å². The molecule has 0 bridgehead atoms. The first-order valence-electron chi connectivity index (χ1n) is 9.34. The van der Waals surface area contributed by atoms with E-state index in [-0.39, 0.29) is 17.4 Å². The normalized spacial score (nSPS) is 13.4. The number of thiophene rings is 1. The third-order valence-corrected chi connectivity index (χ3v) is 6.95. The molecule has 0 fully saturated rings. The minimum atomic E-state index is -0.112. The Morgan fingerprint density at radius 2 is 2.04 bits per heavy atom. The van der Waals surface area contributed by atoms with Crippen LogP contribution in [0, 0.1) is 6.92 Å². The molecule has 144 valence electrons. The number of fused-ring (bicyclic) bond motifs is 3. The highest BCUT2D eigenvalue weighted by molar-refractivity contribution is 8.00. The molecule has 5 nitrogen and oxygen atoms in total. The molecule has 7 heteroatoms. The number of rotatable bonds is 5. The van der Waals surface area contributed by atoms with Gasteiger partial charge in [0.15, 0.2) is 5.78 Å². The molecule has 2 heterocycles. The van der Waals surface area contributed by atoms with Crippen LogP contribution < -0.4 is 5.32 Å². The van der Waals surface area contributed by atoms with Crippen LogP contribution in [-0.4, -0.2) is 27.4 Å². The zero-order valence-electron chi connectivity index (χ0n) is 15.9. The predicted molar refractivity (Wildman–Crippen MR) is 115 cm³/mol. The van der Waals surface area contributed by atoms with Gasteiger partial charge in [-0.3, -0.25) is 9.59 Å². The van der Waals surface area contributed by atoms with E-state index in [2.05, 4.69) is 15.3 Å². The van der Waals surface area contributed by atoms with Crippen LogP contribution in [0.5, 0.6) is 0 Å². The zero-order chi connectivity index (χ0) is 19.7. The van der Waals surface area contributed by atoms with Crippen LogP contribution in [0.15, 0.2) is 29.3 Å². The molecule has 3 aromatic rings. The number of aryl methyl sites for hydroxylation is 3. The van der Waals surface area contributed by atoms with E-state index in [1.165, 1.54) is 42.0 Å². The Kier molecular flexibility index (Phi) is 5.46. The summed E-state index contributed by atoms with van der Waals surface area (Å²) < 4.78 is 0. The van der Waals surface area contributed by atoms with Crippen LogP contribution in [0.2, 0.25) is 0 Å². The average molecular weight is 412 g/mol. The summed E-state index contributed by atoms with van der Waals surface area (Å²) in [7, 11) is 0. The number of carbonyl (C=O) groups is 2. The van der Waals surface area contributed by atoms with Gasteiger partial charge in [0, 0.05) is 21.5 Å². The number of benzene rings is 1. The van der Waals surface area contributed by atoms with Gasteiger partial charge in [-0.1, -0.05) is 23.9 Å². The van der Waals surface area contributed by atoms with Crippen LogP contribution in [-0.2, 0) is 17.6 Å². The summed E-state index contributed by atoms with van der Waals surface area (Å²) in [6.07, 6.45) is 4.62. The highest BCUT2D eigenvalue weighted by Gasteiger charge is 2.21. The van der Waals surface area contributed by atoms with Crippen molar-refractivity contribution in [3.8, 4) is 0 Å². The van der Waals surface area contributed by atoms with E-state index in [1.807, 2.05) is 6.92 Å². The number of nitrogens with zero attached hydrogens (tertiary/aromatic N) is 2. The fourth-order valence-corrected chi connectivity index (χ4v) is 5.75. The van der Waals surface area contributed by atoms with E-state index in [4.69, 9.17) is 0 Å². The molecule has 1 aliphatic rings. The summed E-state index contributed by atoms with van der Waals surface area (Å²) in [6.45, 7) is 3.41. The van der Waals surface area contributed by atoms with Crippen molar-refractivity contribution in [2.45, 2.75) is 44.6 Å². The lowest BCUT2D eigenvalue weighted by Crippen LogP contribution is -2.14. The number of hydrogen-bond acceptors (Lipinski definition) is 6. The molecule has 28 heavy (non-hydrogen) atoms. The highest BCUT2D eigenvalue weighted by atomic mass is 32.2. The molecule has 0 atom stereocenters. The van der Waals surface area contributed by atoms with Crippen molar-refractivity contribution in [3.63, 3.8) is 0 Å². The Morgan fingerprint density at radius 3 is 2.86 bits per heavy atom. The maximum Gasteiger partial charge on any atom is 0.234 e. The smallest absolute Gasteiger partial charge is 0.234 e. The van der Waals surface area contributed by atoms with E-state index >= 15 is 0 Å². The number of anilines is 1. The third-order valence-electron chi connectivity index (χ3n) is 4.79. The average Bonchev–Trinajstić information content (AvgIpc) is 3.04. The molecule has 1 aliphatic carbocycles. The van der Waals surface area contributed by atoms with Gasteiger partial charge in [0.2, 0.25) is 5.91 Å². The molecular weight excluding hydrogens is 390 g/mol. The SMILES string of the molecule is CC(=O)c1cccc(NC(=O)CSc2nc(C)nc3sc4c(c23)CCCC4)c1. The summed E-state index contributed by atoms with van der Waals surface area (Å²) >= 11 is 3.23. The molecule has 1 aromatic carbocycles. The van der Waals surface area contributed by atoms with Gasteiger partial charge in [0.05, 0.1) is 5.75 Å². The first-order chi connectivity index (χ1) is 13.5. The minimum absolute atomic E-state index is 0.0217. The van der Waals surface area contributed by atoms with Crippen molar-refractivity contribution in [2.24, 2.45) is 0 Å². The minimum Gasteiger partial charge on any atom is -0.325 e. The molecule has 0 saturated heterocycles. The van der Waals surface area contributed by atoms with Gasteiger partial charge >= 0.3 is 0 Å². The van der Waals surface area contributed by atoms with E-state index < -0.39 is 0 Å². The van der Waals surface area contributed by atoms with Crippen molar-refractivity contribution < 1.29 is 9.59 Å². The van der Waals surface area contributed by atoms with Crippen LogP contribution in [0.25, 0.3) is 10.2 Å². The fraction of sp³-hybridized carbons (Fsp3) is 0.333. The van der Waals surface area contributed by atoms with Gasteiger partial charge < -0.3 is 5.32 Å². The number of ketones is 1. The van der Waals surface area contributed by atoms with Crippen LogP contribution >= 0.6 is 23.1 Å². The lowest BCUT2D eigenvalue weighted by molar-refractivity contribution is -0.113. The largest absolute Gasteiger partial charge is 0.325 e. The fourth-order valence-electron chi connectivity index (χ4n) is 3.48. The number of Topliss-reactive ketones (excluding diaryl/α,β-unsaturated/α-hetero) is 1. The van der Waals surface area contributed by atoms with Crippen LogP contribution in [0.4, 0.5) is 5.69 Å². The van der Waals surface area contributed by atoms with Gasteiger partial charge in [-0.2, -0.15) is 0 Å². The molecule has 2 aromatic heterocycles. The number of aromatic nitrogens is 2. The second-order valence-corrected chi connectivity index (χ2v) is 8.99. The van der Waals surface area contributed by atoms with Crippen molar-refractivity contribution in [2.75, 3.05) is 11.1 Å². The Bertz CT molecular complexity index is 1070. The number of thioether (sulfide) groups is 1. The molecule has 0 spiro atoms. The summed E-state index contributed by atoms with van der Waals surface area (Å²) in [4.78, 5) is 35.7. The van der Waals surface area contributed by atoms with Crippen LogP contribution in [0.3, 0.4) is 0 Å². The van der Waals surface area contributed by atoms with Gasteiger partial charge in [-0.05, 0) is 57.2 Å². The molecule has 0 saturated carbocycles. The molecule has 0 aliphatic heterocycles. The first-order valence-corrected chi connectivity index (χ1v) is 11.1. The number of carbonyl (C=O) groups excluding carboxylic acids is 2. The quantitative estimate of drug-likeness (QED) is 0.370. The summed E-state index contributed by atoms with van der Waals surface area (Å²) in [5, 5.41) is 4.91. The lowest BCUT2D eigenvalue weighted by Gasteiger charge is -2.12. The highest BCUT2D eigenvalue weighted by Crippen LogP contribution is 2.39. The van der Waals surface area contributed by atoms with Gasteiger partial charge in [0.1, 0.15) is 15.7 Å². The van der Waals surface area contributed by atoms with E-state index in [0.29, 0.717) is 11.3 Å². The van der Waals surface area contributed by atoms with Crippen molar-refractivity contribution >= 4 is 50.7 Å². The van der Waals surface area contributed by atoms with Gasteiger partial charge in [0.25, 0.3) is 0 Å². The Morgan fingerprint density at radius 1 is 1.21 bits per heavy atom. The molecule has 1 N–H and O–H groups in total. The van der Waals surface area contributed by atoms with E-state index in [0.717, 1.165) is 33.9 Å². The summed E-state index contributed by atoms with van der Waals surface area (Å²) in [5.74, 6) is 0.870. The Balaban J connectivity index is 1.52. The first kappa shape index (κ1) is 19.1. The van der Waals surface area contributed by atoms with Crippen molar-refractivity contribution in [1.82, 2.24) is 9.97 Å². The Hall–Kier alpha value is -2.25. The van der Waals surface area contributed by atoms with Gasteiger partial charge in [-0.25, -0.2) is 9.97 Å². The molecule has 0 unspecified atom stereocenters. The monoisotopic (exact) mass is 411 g/mol. The molecule has 0 radical (unpaired) electrons. The number of nitrogens with one attached hydrogen (secondary N) is 1. The van der Waals surface area contributed by atoms with Crippen molar-refractivity contribution in [1.29, 1.82) is 0 Å². The molecule has 4 rings (SSSR count). The summed E-state index contributed by atoms with van der Waals surface area (Å²) in [6, 6.07) is 7.01. The Labute approximate surface area is 172 Å². The predicted octanol–water partition coefficient (Wildman–Crippen LogP) is 4.81. The maximum atomic E-state index is 12.5. The zero-order valence-corrected chi connectivity index (χ0v) is 17.5. The second kappa shape index (κ2) is 8.01. The molecule has 1 amide bonds. The van der Waals surface area contributed by atoms with Gasteiger partial charge in [-0.15, -0.1) is 11.3 Å². The van der Waals surface area contributed by atoms with Crippen LogP contribution in [0.1, 0.15) is 46.4 Å².